The fraction of sp³-hybridized carbons (Fsp3) is 0.0769. The summed E-state index contributed by atoms with van der Waals surface area (Å²) in [7, 11) is 1.58. The molecule has 2 aromatic rings. The summed E-state index contributed by atoms with van der Waals surface area (Å²) in [6.07, 6.45) is 0. The molecule has 4 heteroatoms. The van der Waals surface area contributed by atoms with Gasteiger partial charge in [0.2, 0.25) is 0 Å². The Kier molecular flexibility index (Phi) is 3.05. The van der Waals surface area contributed by atoms with E-state index in [0.29, 0.717) is 0 Å². The lowest BCUT2D eigenvalue weighted by Gasteiger charge is -2.04. The van der Waals surface area contributed by atoms with Crippen LogP contribution >= 0.6 is 0 Å². The fourth-order valence-electron chi connectivity index (χ4n) is 1.54. The maximum absolute atomic E-state index is 10.7. The highest BCUT2D eigenvalue weighted by Crippen LogP contribution is 2.26. The Morgan fingerprint density at radius 1 is 1.24 bits per heavy atom. The number of nitro groups is 1. The summed E-state index contributed by atoms with van der Waals surface area (Å²) in [6, 6.07) is 14.8. The Labute approximate surface area is 98.6 Å². The minimum Gasteiger partial charge on any atom is -0.497 e. The van der Waals surface area contributed by atoms with E-state index in [1.54, 1.807) is 19.2 Å². The van der Waals surface area contributed by atoms with E-state index >= 15 is 0 Å². The first kappa shape index (κ1) is 11.1. The lowest BCUT2D eigenvalue weighted by molar-refractivity contribution is -0.385. The van der Waals surface area contributed by atoms with Gasteiger partial charge in [-0.15, -0.1) is 0 Å². The molecule has 0 amide bonds. The Morgan fingerprint density at radius 3 is 2.71 bits per heavy atom. The third-order valence-corrected chi connectivity index (χ3v) is 2.39. The molecule has 17 heavy (non-hydrogen) atoms. The van der Waals surface area contributed by atoms with Crippen molar-refractivity contribution >= 4 is 5.69 Å². The van der Waals surface area contributed by atoms with Gasteiger partial charge in [-0.25, -0.2) is 0 Å². The molecule has 0 fully saturated rings. The van der Waals surface area contributed by atoms with Crippen LogP contribution in [0.5, 0.6) is 5.75 Å². The van der Waals surface area contributed by atoms with Gasteiger partial charge in [-0.3, -0.25) is 10.1 Å². The first-order valence-corrected chi connectivity index (χ1v) is 5.01. The number of hydrogen-bond donors (Lipinski definition) is 0. The Morgan fingerprint density at radius 2 is 2.00 bits per heavy atom. The Bertz CT molecular complexity index is 552. The molecule has 0 unspecified atom stereocenters. The predicted molar refractivity (Wildman–Crippen MR) is 63.9 cm³/mol. The molecule has 85 valence electrons. The van der Waals surface area contributed by atoms with Crippen molar-refractivity contribution < 1.29 is 9.66 Å². The second-order valence-electron chi connectivity index (χ2n) is 3.45. The van der Waals surface area contributed by atoms with Crippen LogP contribution in [0.25, 0.3) is 11.1 Å². The largest absolute Gasteiger partial charge is 0.497 e. The van der Waals surface area contributed by atoms with Crippen LogP contribution in [0.1, 0.15) is 0 Å². The molecule has 2 aromatic carbocycles. The lowest BCUT2D eigenvalue weighted by Crippen LogP contribution is -1.89. The van der Waals surface area contributed by atoms with Crippen molar-refractivity contribution in [3.63, 3.8) is 0 Å². The van der Waals surface area contributed by atoms with Gasteiger partial charge in [-0.1, -0.05) is 18.2 Å². The van der Waals surface area contributed by atoms with Gasteiger partial charge in [0.15, 0.2) is 0 Å². The van der Waals surface area contributed by atoms with Crippen molar-refractivity contribution in [2.75, 3.05) is 7.11 Å². The Hall–Kier alpha value is -2.36. The van der Waals surface area contributed by atoms with Crippen molar-refractivity contribution in [1.82, 2.24) is 0 Å². The summed E-state index contributed by atoms with van der Waals surface area (Å²) in [6.45, 7) is 0. The summed E-state index contributed by atoms with van der Waals surface area (Å²) < 4.78 is 5.11. The SMILES string of the molecule is COc1cccc(-c2cc[c]c([N+](=O)[O-])c2)c1. The smallest absolute Gasteiger partial charge is 0.278 e. The minimum absolute atomic E-state index is 0.0367. The van der Waals surface area contributed by atoms with E-state index in [9.17, 15) is 10.1 Å². The van der Waals surface area contributed by atoms with Crippen LogP contribution in [0.2, 0.25) is 0 Å². The minimum atomic E-state index is -0.455. The molecule has 0 heterocycles. The van der Waals surface area contributed by atoms with Gasteiger partial charge in [0.1, 0.15) is 5.75 Å². The molecule has 0 saturated heterocycles. The van der Waals surface area contributed by atoms with Crippen LogP contribution in [0.4, 0.5) is 5.69 Å². The van der Waals surface area contributed by atoms with Gasteiger partial charge in [0, 0.05) is 6.07 Å². The lowest BCUT2D eigenvalue weighted by atomic mass is 10.1. The quantitative estimate of drug-likeness (QED) is 0.599. The van der Waals surface area contributed by atoms with Gasteiger partial charge >= 0.3 is 0 Å². The molecule has 0 aliphatic heterocycles. The average Bonchev–Trinajstić information content (AvgIpc) is 2.39. The molecule has 0 aliphatic carbocycles. The van der Waals surface area contributed by atoms with Crippen molar-refractivity contribution in [1.29, 1.82) is 0 Å². The summed E-state index contributed by atoms with van der Waals surface area (Å²) in [5.74, 6) is 0.720. The number of hydrogen-bond acceptors (Lipinski definition) is 3. The standard InChI is InChI=1S/C13H10NO3/c1-17-13-7-3-5-11(9-13)10-4-2-6-12(8-10)14(15)16/h2-5,7-9H,1H3. The molecule has 0 N–H and O–H groups in total. The molecule has 2 rings (SSSR count). The van der Waals surface area contributed by atoms with E-state index < -0.39 is 4.92 Å². The van der Waals surface area contributed by atoms with E-state index in [2.05, 4.69) is 6.07 Å². The second-order valence-corrected chi connectivity index (χ2v) is 3.45. The number of benzene rings is 2. The zero-order chi connectivity index (χ0) is 12.3. The summed E-state index contributed by atoms with van der Waals surface area (Å²) >= 11 is 0. The predicted octanol–water partition coefficient (Wildman–Crippen LogP) is 3.07. The van der Waals surface area contributed by atoms with Gasteiger partial charge in [0.25, 0.3) is 5.69 Å². The van der Waals surface area contributed by atoms with Gasteiger partial charge in [-0.2, -0.15) is 0 Å². The van der Waals surface area contributed by atoms with Crippen LogP contribution in [0.15, 0.2) is 42.5 Å². The molecule has 0 atom stereocenters. The summed E-state index contributed by atoms with van der Waals surface area (Å²) in [5, 5.41) is 10.7. The highest BCUT2D eigenvalue weighted by atomic mass is 16.6. The van der Waals surface area contributed by atoms with Gasteiger partial charge in [0.05, 0.1) is 18.1 Å². The number of nitro benzene ring substituents is 1. The molecule has 0 aliphatic rings. The van der Waals surface area contributed by atoms with Crippen molar-refractivity contribution in [3.05, 3.63) is 58.6 Å². The maximum atomic E-state index is 10.7. The first-order valence-electron chi connectivity index (χ1n) is 5.01. The third kappa shape index (κ3) is 2.42. The van der Waals surface area contributed by atoms with Crippen LogP contribution < -0.4 is 4.74 Å². The normalized spacial score (nSPS) is 9.94. The molecular weight excluding hydrogens is 218 g/mol. The third-order valence-electron chi connectivity index (χ3n) is 2.39. The summed E-state index contributed by atoms with van der Waals surface area (Å²) in [5.41, 5.74) is 1.61. The number of non-ortho nitro benzene ring substituents is 1. The number of methoxy groups -OCH3 is 1. The maximum Gasteiger partial charge on any atom is 0.278 e. The van der Waals surface area contributed by atoms with Crippen molar-refractivity contribution in [2.24, 2.45) is 0 Å². The first-order chi connectivity index (χ1) is 8.20. The molecule has 0 saturated carbocycles. The summed E-state index contributed by atoms with van der Waals surface area (Å²) in [4.78, 5) is 10.2. The molecular formula is C13H10NO3. The van der Waals surface area contributed by atoms with E-state index in [1.165, 1.54) is 6.07 Å². The Balaban J connectivity index is 2.45. The van der Waals surface area contributed by atoms with Crippen LogP contribution in [0.3, 0.4) is 0 Å². The van der Waals surface area contributed by atoms with Crippen molar-refractivity contribution in [2.45, 2.75) is 0 Å². The second kappa shape index (κ2) is 4.65. The number of ether oxygens (including phenoxy) is 1. The van der Waals surface area contributed by atoms with Gasteiger partial charge < -0.3 is 4.74 Å². The average molecular weight is 228 g/mol. The van der Waals surface area contributed by atoms with Crippen molar-refractivity contribution in [3.8, 4) is 16.9 Å². The van der Waals surface area contributed by atoms with Gasteiger partial charge in [-0.05, 0) is 29.3 Å². The van der Waals surface area contributed by atoms with Crippen LogP contribution in [0, 0.1) is 16.2 Å². The molecule has 0 spiro atoms. The van der Waals surface area contributed by atoms with E-state index in [-0.39, 0.29) is 5.69 Å². The monoisotopic (exact) mass is 228 g/mol. The fourth-order valence-corrected chi connectivity index (χ4v) is 1.54. The molecule has 0 bridgehead atoms. The highest BCUT2D eigenvalue weighted by Gasteiger charge is 2.07. The van der Waals surface area contributed by atoms with E-state index in [1.807, 2.05) is 24.3 Å². The van der Waals surface area contributed by atoms with E-state index in [4.69, 9.17) is 4.74 Å². The zero-order valence-corrected chi connectivity index (χ0v) is 9.21. The number of rotatable bonds is 3. The molecule has 0 aromatic heterocycles. The zero-order valence-electron chi connectivity index (χ0n) is 9.21. The van der Waals surface area contributed by atoms with E-state index in [0.717, 1.165) is 16.9 Å². The number of nitrogens with zero attached hydrogens (tertiary/aromatic N) is 1. The molecule has 4 nitrogen and oxygen atoms in total. The van der Waals surface area contributed by atoms with Crippen LogP contribution in [-0.2, 0) is 0 Å². The van der Waals surface area contributed by atoms with Crippen LogP contribution in [-0.4, -0.2) is 12.0 Å². The molecule has 1 radical (unpaired) electrons. The topological polar surface area (TPSA) is 52.4 Å². The highest BCUT2D eigenvalue weighted by molar-refractivity contribution is 5.67.